The number of benzene rings is 1. The number of aromatic amines is 1. The maximum Gasteiger partial charge on any atom is 0.318 e. The number of aromatic nitrogens is 4. The maximum atomic E-state index is 12.1. The van der Waals surface area contributed by atoms with Crippen LogP contribution in [0.25, 0.3) is 10.9 Å². The zero-order chi connectivity index (χ0) is 27.0. The number of nitrogens with zero attached hydrogens (tertiary/aromatic N) is 6. The number of hydrogen-bond acceptors (Lipinski definition) is 7. The summed E-state index contributed by atoms with van der Waals surface area (Å²) >= 11 is 6.94. The van der Waals surface area contributed by atoms with E-state index >= 15 is 0 Å². The highest BCUT2D eigenvalue weighted by Gasteiger charge is 2.35. The van der Waals surface area contributed by atoms with Crippen molar-refractivity contribution in [2.75, 3.05) is 58.3 Å². The zero-order valence-corrected chi connectivity index (χ0v) is 23.4. The highest BCUT2D eigenvalue weighted by Crippen LogP contribution is 2.45. The fraction of sp³-hybridized carbons (Fsp3) is 0.500. The van der Waals surface area contributed by atoms with Gasteiger partial charge in [0.15, 0.2) is 0 Å². The van der Waals surface area contributed by atoms with E-state index in [9.17, 15) is 4.79 Å². The second-order valence-corrected chi connectivity index (χ2v) is 11.0. The summed E-state index contributed by atoms with van der Waals surface area (Å²) in [7, 11) is 4.03. The minimum Gasteiger partial charge on any atom is -0.462 e. The zero-order valence-electron chi connectivity index (χ0n) is 22.6. The average molecular weight is 538 g/mol. The van der Waals surface area contributed by atoms with Crippen molar-refractivity contribution in [2.45, 2.75) is 32.6 Å². The molecule has 202 valence electrons. The summed E-state index contributed by atoms with van der Waals surface area (Å²) in [6, 6.07) is 2.46. The lowest BCUT2D eigenvalue weighted by Crippen LogP contribution is -2.49. The van der Waals surface area contributed by atoms with Crippen LogP contribution >= 0.6 is 11.6 Å². The Morgan fingerprint density at radius 3 is 2.74 bits per heavy atom. The highest BCUT2D eigenvalue weighted by molar-refractivity contribution is 6.33. The molecule has 1 N–H and O–H groups in total. The number of rotatable bonds is 7. The second-order valence-electron chi connectivity index (χ2n) is 10.7. The van der Waals surface area contributed by atoms with Crippen molar-refractivity contribution < 1.29 is 9.53 Å². The van der Waals surface area contributed by atoms with Crippen LogP contribution in [0.3, 0.4) is 0 Å². The Hall–Kier alpha value is -3.17. The van der Waals surface area contributed by atoms with Gasteiger partial charge in [0.1, 0.15) is 12.4 Å². The Morgan fingerprint density at radius 2 is 2.03 bits per heavy atom. The first-order chi connectivity index (χ1) is 18.3. The summed E-state index contributed by atoms with van der Waals surface area (Å²) < 4.78 is 6.05. The third-order valence-electron chi connectivity index (χ3n) is 7.79. The van der Waals surface area contributed by atoms with Crippen LogP contribution in [0.15, 0.2) is 24.9 Å². The number of ether oxygens (including phenoxy) is 1. The molecule has 5 rings (SSSR count). The second kappa shape index (κ2) is 10.9. The van der Waals surface area contributed by atoms with Gasteiger partial charge >= 0.3 is 6.01 Å². The molecule has 1 amide bonds. The summed E-state index contributed by atoms with van der Waals surface area (Å²) in [6.07, 6.45) is 4.84. The van der Waals surface area contributed by atoms with Crippen LogP contribution in [-0.4, -0.2) is 89.3 Å². The van der Waals surface area contributed by atoms with Gasteiger partial charge in [0.25, 0.3) is 0 Å². The van der Waals surface area contributed by atoms with Crippen LogP contribution in [0.4, 0.5) is 5.82 Å². The molecule has 2 aromatic heterocycles. The van der Waals surface area contributed by atoms with E-state index in [1.165, 1.54) is 11.6 Å². The van der Waals surface area contributed by atoms with Gasteiger partial charge in [0, 0.05) is 48.7 Å². The number of H-pyrrole nitrogens is 1. The average Bonchev–Trinajstić information content (AvgIpc) is 3.36. The Labute approximate surface area is 228 Å². The number of aryl methyl sites for hydroxylation is 1. The van der Waals surface area contributed by atoms with Crippen molar-refractivity contribution in [3.8, 4) is 6.01 Å². The summed E-state index contributed by atoms with van der Waals surface area (Å²) in [6.45, 7) is 11.9. The molecule has 1 aromatic carbocycles. The van der Waals surface area contributed by atoms with Gasteiger partial charge in [0.05, 0.1) is 17.4 Å². The number of carbonyl (C=O) groups is 1. The number of carbonyl (C=O) groups excluding carboxylic acids is 1. The topological polar surface area (TPSA) is 90.5 Å². The van der Waals surface area contributed by atoms with Crippen molar-refractivity contribution in [3.05, 3.63) is 52.3 Å². The maximum absolute atomic E-state index is 12.1. The molecule has 10 heteroatoms. The van der Waals surface area contributed by atoms with Crippen LogP contribution in [0.1, 0.15) is 35.2 Å². The van der Waals surface area contributed by atoms with Gasteiger partial charge in [-0.2, -0.15) is 15.1 Å². The van der Waals surface area contributed by atoms with Gasteiger partial charge in [-0.25, -0.2) is 0 Å². The first kappa shape index (κ1) is 26.4. The molecule has 9 nitrogen and oxygen atoms in total. The monoisotopic (exact) mass is 537 g/mol. The highest BCUT2D eigenvalue weighted by atomic mass is 35.5. The Kier molecular flexibility index (Phi) is 7.59. The van der Waals surface area contributed by atoms with E-state index in [0.29, 0.717) is 44.7 Å². The summed E-state index contributed by atoms with van der Waals surface area (Å²) in [5.41, 5.74) is 5.36. The summed E-state index contributed by atoms with van der Waals surface area (Å²) in [4.78, 5) is 28.1. The first-order valence-electron chi connectivity index (χ1n) is 13.2. The lowest BCUT2D eigenvalue weighted by Gasteiger charge is -2.38. The smallest absolute Gasteiger partial charge is 0.318 e. The molecule has 0 bridgehead atoms. The molecule has 1 saturated heterocycles. The predicted octanol–water partition coefficient (Wildman–Crippen LogP) is 3.61. The van der Waals surface area contributed by atoms with Gasteiger partial charge < -0.3 is 19.4 Å². The molecular formula is C28H36ClN7O2. The van der Waals surface area contributed by atoms with Gasteiger partial charge in [-0.3, -0.25) is 9.89 Å². The van der Waals surface area contributed by atoms with Crippen LogP contribution in [0.2, 0.25) is 5.02 Å². The number of likely N-dealkylation sites (N-methyl/N-ethyl adjacent to an activating group) is 1. The van der Waals surface area contributed by atoms with Crippen molar-refractivity contribution in [1.29, 1.82) is 0 Å². The SMILES string of the molecule is C=CC(=O)N1CCN(c2nc(OCCN(C)C)nc3c2C[C@@H](C)[C@H](c2c(Cl)c(C)cc4[nH]ncc24)C3)CC1. The molecule has 3 aromatic rings. The molecular weight excluding hydrogens is 502 g/mol. The Morgan fingerprint density at radius 1 is 1.26 bits per heavy atom. The lowest BCUT2D eigenvalue weighted by molar-refractivity contribution is -0.126. The number of piperazine rings is 1. The molecule has 0 unspecified atom stereocenters. The molecule has 2 aliphatic rings. The van der Waals surface area contributed by atoms with Crippen molar-refractivity contribution in [2.24, 2.45) is 5.92 Å². The van der Waals surface area contributed by atoms with E-state index in [1.54, 1.807) is 0 Å². The molecule has 38 heavy (non-hydrogen) atoms. The van der Waals surface area contributed by atoms with Crippen LogP contribution in [0.5, 0.6) is 6.01 Å². The van der Waals surface area contributed by atoms with Gasteiger partial charge in [-0.1, -0.05) is 25.1 Å². The first-order valence-corrected chi connectivity index (χ1v) is 13.6. The largest absolute Gasteiger partial charge is 0.462 e. The third-order valence-corrected chi connectivity index (χ3v) is 8.29. The molecule has 3 heterocycles. The van der Waals surface area contributed by atoms with Crippen molar-refractivity contribution >= 4 is 34.2 Å². The van der Waals surface area contributed by atoms with Gasteiger partial charge in [0.2, 0.25) is 5.91 Å². The van der Waals surface area contributed by atoms with Gasteiger partial charge in [-0.05, 0) is 69.0 Å². The molecule has 2 atom stereocenters. The van der Waals surface area contributed by atoms with E-state index in [0.717, 1.165) is 58.0 Å². The Balaban J connectivity index is 1.51. The number of amides is 1. The van der Waals surface area contributed by atoms with Gasteiger partial charge in [-0.15, -0.1) is 0 Å². The normalized spacial score (nSPS) is 19.6. The van der Waals surface area contributed by atoms with E-state index in [2.05, 4.69) is 39.6 Å². The molecule has 0 saturated carbocycles. The van der Waals surface area contributed by atoms with Crippen LogP contribution in [0, 0.1) is 12.8 Å². The molecule has 0 spiro atoms. The minimum absolute atomic E-state index is 0.0286. The number of nitrogens with one attached hydrogen (secondary N) is 1. The van der Waals surface area contributed by atoms with E-state index in [4.69, 9.17) is 26.3 Å². The number of hydrogen-bond donors (Lipinski definition) is 1. The quantitative estimate of drug-likeness (QED) is 0.460. The predicted molar refractivity (Wildman–Crippen MR) is 150 cm³/mol. The summed E-state index contributed by atoms with van der Waals surface area (Å²) in [5, 5.41) is 9.28. The van der Waals surface area contributed by atoms with Crippen LogP contribution < -0.4 is 9.64 Å². The standard InChI is InChI=1S/C28H36ClN7O2/c1-6-24(37)35-7-9-36(10-8-35)27-20-13-17(2)19(15-22(20)31-28(32-27)38-12-11-34(4)5)25-21-16-30-33-23(21)14-18(3)26(25)29/h6,14,16-17,19H,1,7-13,15H2,2-5H3,(H,30,33)/t17-,19-/m1/s1. The molecule has 1 fully saturated rings. The Bertz CT molecular complexity index is 1350. The number of fused-ring (bicyclic) bond motifs is 2. The number of anilines is 1. The summed E-state index contributed by atoms with van der Waals surface area (Å²) in [5.74, 6) is 1.41. The van der Waals surface area contributed by atoms with Crippen LogP contribution in [-0.2, 0) is 17.6 Å². The third kappa shape index (κ3) is 5.09. The molecule has 0 radical (unpaired) electrons. The fourth-order valence-corrected chi connectivity index (χ4v) is 5.94. The van der Waals surface area contributed by atoms with Crippen molar-refractivity contribution in [3.63, 3.8) is 0 Å². The molecule has 1 aliphatic heterocycles. The molecule has 1 aliphatic carbocycles. The van der Waals surface area contributed by atoms with E-state index in [1.807, 2.05) is 32.1 Å². The number of halogens is 1. The lowest BCUT2D eigenvalue weighted by atomic mass is 9.74. The van der Waals surface area contributed by atoms with Crippen molar-refractivity contribution in [1.82, 2.24) is 30.0 Å². The fourth-order valence-electron chi connectivity index (χ4n) is 5.64. The minimum atomic E-state index is -0.0286. The van der Waals surface area contributed by atoms with E-state index < -0.39 is 0 Å². The van der Waals surface area contributed by atoms with E-state index in [-0.39, 0.29) is 11.8 Å².